The van der Waals surface area contributed by atoms with Gasteiger partial charge in [0.2, 0.25) is 0 Å². The summed E-state index contributed by atoms with van der Waals surface area (Å²) < 4.78 is 0. The molecule has 308 valence electrons. The van der Waals surface area contributed by atoms with Crippen molar-refractivity contribution in [2.24, 2.45) is 0 Å². The van der Waals surface area contributed by atoms with Gasteiger partial charge in [-0.1, -0.05) is 85.3 Å². The molecule has 6 heterocycles. The van der Waals surface area contributed by atoms with Gasteiger partial charge in [0.05, 0.1) is 34.2 Å². The summed E-state index contributed by atoms with van der Waals surface area (Å²) in [4.78, 5) is 31.1. The summed E-state index contributed by atoms with van der Waals surface area (Å²) in [5.41, 5.74) is 6.30. The summed E-state index contributed by atoms with van der Waals surface area (Å²) in [6, 6.07) is 36.0. The van der Waals surface area contributed by atoms with Gasteiger partial charge < -0.3 is 26.7 Å². The van der Waals surface area contributed by atoms with E-state index in [0.29, 0.717) is 0 Å². The summed E-state index contributed by atoms with van der Waals surface area (Å²) in [5, 5.41) is 40.9. The van der Waals surface area contributed by atoms with E-state index in [2.05, 4.69) is 88.6 Å². The van der Waals surface area contributed by atoms with Gasteiger partial charge in [-0.05, 0) is 72.8 Å². The standard InChI is InChI=1S/2C18H18N4.4CNS.CH4O.2Fe/c2*1-4-10-19-16(7-1)13-22(14-17-8-2-5-11-20-17)15-18-9-3-6-12-21-18;4*2-1-3;1-2;;/h2*1-12H,13-15H2;;;;;2H,1H3;;/q;;4*-1;;2*+3. The molecule has 19 heteroatoms. The van der Waals surface area contributed by atoms with Crippen LogP contribution < -0.4 is 0 Å². The summed E-state index contributed by atoms with van der Waals surface area (Å²) in [7, 11) is 1.00. The molecule has 0 aliphatic rings. The summed E-state index contributed by atoms with van der Waals surface area (Å²) in [6.45, 7) is 4.63. The van der Waals surface area contributed by atoms with Crippen LogP contribution in [0.4, 0.5) is 0 Å². The minimum Gasteiger partial charge on any atom is -0.753 e. The van der Waals surface area contributed by atoms with E-state index in [-0.39, 0.29) is 34.1 Å². The molecule has 0 unspecified atom stereocenters. The van der Waals surface area contributed by atoms with Crippen LogP contribution in [0, 0.1) is 0 Å². The Labute approximate surface area is 394 Å². The maximum Gasteiger partial charge on any atom is 3.00 e. The molecule has 0 aliphatic carbocycles. The van der Waals surface area contributed by atoms with Gasteiger partial charge in [-0.25, -0.2) is 0 Å². The van der Waals surface area contributed by atoms with Gasteiger partial charge in [-0.2, -0.15) is 20.6 Å². The summed E-state index contributed by atoms with van der Waals surface area (Å²) in [6.07, 6.45) is 11.0. The quantitative estimate of drug-likeness (QED) is 0.0699. The van der Waals surface area contributed by atoms with Crippen LogP contribution in [0.15, 0.2) is 146 Å². The smallest absolute Gasteiger partial charge is 0.753 e. The van der Waals surface area contributed by atoms with Gasteiger partial charge in [-0.15, -0.1) is 0 Å². The molecule has 0 atom stereocenters. The van der Waals surface area contributed by atoms with Gasteiger partial charge in [-0.3, -0.25) is 39.7 Å². The number of aliphatic hydroxyl groups is 1. The number of aliphatic hydroxyl groups excluding tert-OH is 1. The van der Waals surface area contributed by atoms with E-state index < -0.39 is 0 Å². The molecule has 0 aliphatic heterocycles. The Morgan fingerprint density at radius 2 is 0.500 bits per heavy atom. The number of aromatic nitrogens is 6. The van der Waals surface area contributed by atoms with Crippen molar-refractivity contribution in [3.63, 3.8) is 0 Å². The van der Waals surface area contributed by atoms with E-state index in [4.69, 9.17) is 26.7 Å². The first-order valence-electron chi connectivity index (χ1n) is 16.8. The van der Waals surface area contributed by atoms with E-state index >= 15 is 0 Å². The van der Waals surface area contributed by atoms with Crippen molar-refractivity contribution >= 4 is 69.5 Å². The first kappa shape index (κ1) is 59.3. The zero-order valence-electron chi connectivity index (χ0n) is 32.3. The van der Waals surface area contributed by atoms with Crippen LogP contribution in [-0.2, 0) is 73.4 Å². The van der Waals surface area contributed by atoms with E-state index in [1.165, 1.54) is 20.6 Å². The van der Waals surface area contributed by atoms with Crippen molar-refractivity contribution in [2.45, 2.75) is 39.3 Å². The second kappa shape index (κ2) is 43.6. The molecule has 6 aromatic rings. The van der Waals surface area contributed by atoms with Crippen LogP contribution in [0.5, 0.6) is 0 Å². The number of rotatable bonds is 12. The number of isothiocyanates is 4. The van der Waals surface area contributed by atoms with Gasteiger partial charge >= 0.3 is 34.1 Å². The third-order valence-electron chi connectivity index (χ3n) is 6.67. The van der Waals surface area contributed by atoms with Crippen LogP contribution >= 0.6 is 48.9 Å². The van der Waals surface area contributed by atoms with E-state index in [0.717, 1.165) is 80.5 Å². The Morgan fingerprint density at radius 1 is 0.367 bits per heavy atom. The second-order valence-electron chi connectivity index (χ2n) is 10.6. The van der Waals surface area contributed by atoms with Crippen LogP contribution in [0.25, 0.3) is 21.6 Å². The van der Waals surface area contributed by atoms with Crippen molar-refractivity contribution in [2.75, 3.05) is 7.11 Å². The van der Waals surface area contributed by atoms with Crippen LogP contribution in [0.2, 0.25) is 0 Å². The molecule has 0 fully saturated rings. The number of thiocarbonyl (C=S) groups is 4. The predicted molar refractivity (Wildman–Crippen MR) is 243 cm³/mol. The van der Waals surface area contributed by atoms with Crippen molar-refractivity contribution in [3.8, 4) is 0 Å². The van der Waals surface area contributed by atoms with Gasteiger partial charge in [0, 0.05) is 83.6 Å². The Balaban J connectivity index is -0.000000810. The third kappa shape index (κ3) is 31.9. The van der Waals surface area contributed by atoms with E-state index in [1.54, 1.807) is 0 Å². The molecule has 0 spiro atoms. The molecule has 0 saturated carbocycles. The van der Waals surface area contributed by atoms with Gasteiger partial charge in [0.25, 0.3) is 0 Å². The summed E-state index contributed by atoms with van der Waals surface area (Å²) in [5.74, 6) is 0. The molecule has 60 heavy (non-hydrogen) atoms. The van der Waals surface area contributed by atoms with Crippen molar-refractivity contribution in [1.29, 1.82) is 0 Å². The second-order valence-corrected chi connectivity index (χ2v) is 11.3. The van der Waals surface area contributed by atoms with Crippen molar-refractivity contribution in [1.82, 2.24) is 39.7 Å². The third-order valence-corrected chi connectivity index (χ3v) is 6.67. The van der Waals surface area contributed by atoms with Gasteiger partial charge in [0.1, 0.15) is 0 Å². The maximum absolute atomic E-state index is 7.13. The topological polar surface area (TPSA) is 193 Å². The molecule has 1 N–H and O–H groups in total. The molecule has 6 rings (SSSR count). The number of hydrogen-bond acceptors (Lipinski definition) is 13. The molecular weight excluding hydrogens is 916 g/mol. The molecule has 0 saturated heterocycles. The molecule has 6 aromatic heterocycles. The molecule has 2 radical (unpaired) electrons. The zero-order chi connectivity index (χ0) is 42.9. The number of hydrogen-bond donors (Lipinski definition) is 1. The van der Waals surface area contributed by atoms with Crippen LogP contribution in [0.3, 0.4) is 0 Å². The van der Waals surface area contributed by atoms with E-state index in [1.807, 2.05) is 146 Å². The monoisotopic (exact) mass is 956 g/mol. The number of pyridine rings is 6. The fourth-order valence-electron chi connectivity index (χ4n) is 4.66. The normalized spacial score (nSPS) is 8.53. The Hall–Kier alpha value is -4.98. The SMILES string of the molecule is CO.[Fe+3].[Fe+3].[N-]=C=S.[N-]=C=S.[N-]=C=S.[N-]=C=S.c1ccc(CN(Cc2ccccn2)Cc2ccccn2)nc1.c1ccc(CN(Cc2ccccn2)Cc2ccccn2)nc1. The molecule has 0 amide bonds. The average molecular weight is 957 g/mol. The molecule has 13 nitrogen and oxygen atoms in total. The first-order chi connectivity index (χ1) is 28.5. The molecule has 0 aromatic carbocycles. The minimum atomic E-state index is 0. The fraction of sp³-hybridized carbons (Fsp3) is 0.171. The van der Waals surface area contributed by atoms with Crippen molar-refractivity contribution < 1.29 is 39.2 Å². The van der Waals surface area contributed by atoms with Crippen LogP contribution in [0.1, 0.15) is 34.2 Å². The first-order valence-corrected chi connectivity index (χ1v) is 18.4. The Bertz CT molecular complexity index is 1640. The maximum atomic E-state index is 7.13. The average Bonchev–Trinajstić information content (AvgIpc) is 3.25. The predicted octanol–water partition coefficient (Wildman–Crippen LogP) is 8.39. The zero-order valence-corrected chi connectivity index (χ0v) is 37.7. The minimum absolute atomic E-state index is 0. The largest absolute Gasteiger partial charge is 3.00 e. The van der Waals surface area contributed by atoms with E-state index in [9.17, 15) is 0 Å². The fourth-order valence-corrected chi connectivity index (χ4v) is 4.66. The van der Waals surface area contributed by atoms with Crippen molar-refractivity contribution in [3.05, 3.63) is 202 Å². The Morgan fingerprint density at radius 3 is 0.600 bits per heavy atom. The molecule has 0 bridgehead atoms. The summed E-state index contributed by atoms with van der Waals surface area (Å²) >= 11 is 14.8. The van der Waals surface area contributed by atoms with Gasteiger partial charge in [0.15, 0.2) is 0 Å². The molecular formula is C41H40Fe2N12OS4+2. The number of nitrogens with zero attached hydrogens (tertiary/aromatic N) is 12. The Kier molecular flexibility index (Phi) is 43.1. The van der Waals surface area contributed by atoms with Crippen LogP contribution in [-0.4, -0.2) is 72.6 Å².